The molecule has 0 bridgehead atoms. The topological polar surface area (TPSA) is 81.2 Å². The molecule has 0 saturated carbocycles. The van der Waals surface area contributed by atoms with E-state index >= 15 is 0 Å². The molecule has 0 saturated heterocycles. The van der Waals surface area contributed by atoms with Gasteiger partial charge in [-0.15, -0.1) is 0 Å². The van der Waals surface area contributed by atoms with Crippen LogP contribution in [0.25, 0.3) is 0 Å². The molecule has 0 unspecified atom stereocenters. The van der Waals surface area contributed by atoms with Crippen molar-refractivity contribution >= 4 is 11.7 Å². The molecule has 0 aliphatic heterocycles. The van der Waals surface area contributed by atoms with E-state index in [4.69, 9.17) is 5.73 Å². The van der Waals surface area contributed by atoms with Crippen LogP contribution < -0.4 is 11.1 Å². The van der Waals surface area contributed by atoms with Crippen LogP contribution in [0.15, 0.2) is 17.0 Å². The van der Waals surface area contributed by atoms with Crippen molar-refractivity contribution in [2.45, 2.75) is 0 Å². The minimum Gasteiger partial charge on any atom is -0.363 e. The van der Waals surface area contributed by atoms with Crippen LogP contribution in [0.5, 0.6) is 0 Å². The number of rotatable bonds is 1. The first kappa shape index (κ1) is 5.61. The highest BCUT2D eigenvalue weighted by atomic mass is 16.5. The number of hydrogen-bond acceptors (Lipinski definition) is 3. The smallest absolute Gasteiger partial charge is 0.316 e. The molecule has 5 nitrogen and oxygen atoms in total. The zero-order valence-corrected chi connectivity index (χ0v) is 4.50. The standard InChI is InChI=1S/C4H5N3O2/c5-4(8)7-3-1-6-9-2-3/h1-2H,(H3,5,7,8). The Hall–Kier alpha value is -1.52. The van der Waals surface area contributed by atoms with Crippen LogP contribution in [0.3, 0.4) is 0 Å². The van der Waals surface area contributed by atoms with Gasteiger partial charge in [0.05, 0.1) is 6.20 Å². The third-order valence-corrected chi connectivity index (χ3v) is 0.700. The maximum Gasteiger partial charge on any atom is 0.316 e. The molecule has 1 rings (SSSR count). The minimum atomic E-state index is -0.627. The molecule has 0 atom stereocenters. The first-order valence-corrected chi connectivity index (χ1v) is 2.25. The number of nitrogens with two attached hydrogens (primary N) is 1. The number of carbonyl (C=O) groups is 1. The third-order valence-electron chi connectivity index (χ3n) is 0.700. The number of aromatic nitrogens is 1. The fourth-order valence-electron chi connectivity index (χ4n) is 0.409. The van der Waals surface area contributed by atoms with Gasteiger partial charge in [0.1, 0.15) is 12.0 Å². The van der Waals surface area contributed by atoms with Crippen molar-refractivity contribution in [3.05, 3.63) is 12.5 Å². The summed E-state index contributed by atoms with van der Waals surface area (Å²) in [5.41, 5.74) is 5.22. The predicted molar refractivity (Wildman–Crippen MR) is 29.7 cm³/mol. The minimum absolute atomic E-state index is 0.461. The molecule has 1 aromatic heterocycles. The Morgan fingerprint density at radius 2 is 2.67 bits per heavy atom. The Morgan fingerprint density at radius 3 is 3.11 bits per heavy atom. The average molecular weight is 127 g/mol. The zero-order valence-electron chi connectivity index (χ0n) is 4.50. The first-order valence-electron chi connectivity index (χ1n) is 2.25. The number of nitrogens with zero attached hydrogens (tertiary/aromatic N) is 1. The van der Waals surface area contributed by atoms with Crippen LogP contribution in [0.4, 0.5) is 10.5 Å². The maximum absolute atomic E-state index is 10.1. The Bertz CT molecular complexity index is 194. The van der Waals surface area contributed by atoms with Gasteiger partial charge >= 0.3 is 6.03 Å². The van der Waals surface area contributed by atoms with Crippen molar-refractivity contribution in [3.63, 3.8) is 0 Å². The van der Waals surface area contributed by atoms with E-state index in [-0.39, 0.29) is 0 Å². The number of carbonyl (C=O) groups excluding carboxylic acids is 1. The number of hydrogen-bond donors (Lipinski definition) is 2. The molecule has 0 radical (unpaired) electrons. The number of primary amides is 1. The molecule has 9 heavy (non-hydrogen) atoms. The van der Waals surface area contributed by atoms with E-state index in [1.807, 2.05) is 0 Å². The molecule has 1 aromatic rings. The van der Waals surface area contributed by atoms with Crippen molar-refractivity contribution in [2.24, 2.45) is 5.73 Å². The second-order valence-corrected chi connectivity index (χ2v) is 1.40. The maximum atomic E-state index is 10.1. The molecule has 0 aliphatic carbocycles. The number of amides is 2. The monoisotopic (exact) mass is 127 g/mol. The van der Waals surface area contributed by atoms with E-state index in [9.17, 15) is 4.79 Å². The SMILES string of the molecule is NC(=O)Nc1cnoc1. The summed E-state index contributed by atoms with van der Waals surface area (Å²) in [6, 6.07) is -0.627. The number of anilines is 1. The molecule has 3 N–H and O–H groups in total. The Labute approximate surface area is 50.8 Å². The summed E-state index contributed by atoms with van der Waals surface area (Å²) in [6.45, 7) is 0. The summed E-state index contributed by atoms with van der Waals surface area (Å²) in [5, 5.41) is 5.60. The van der Waals surface area contributed by atoms with Crippen LogP contribution in [0.2, 0.25) is 0 Å². The van der Waals surface area contributed by atoms with Crippen molar-refractivity contribution in [1.82, 2.24) is 5.16 Å². The zero-order chi connectivity index (χ0) is 6.69. The lowest BCUT2D eigenvalue weighted by Gasteiger charge is -1.90. The van der Waals surface area contributed by atoms with Crippen molar-refractivity contribution in [2.75, 3.05) is 5.32 Å². The predicted octanol–water partition coefficient (Wildman–Crippen LogP) is 0.165. The summed E-state index contributed by atoms with van der Waals surface area (Å²) in [4.78, 5) is 10.1. The van der Waals surface area contributed by atoms with Gasteiger partial charge in [0.15, 0.2) is 0 Å². The Morgan fingerprint density at radius 1 is 1.89 bits per heavy atom. The fraction of sp³-hybridized carbons (Fsp3) is 0. The lowest BCUT2D eigenvalue weighted by Crippen LogP contribution is -2.18. The van der Waals surface area contributed by atoms with E-state index in [1.54, 1.807) is 0 Å². The number of nitrogens with one attached hydrogen (secondary N) is 1. The Kier molecular flexibility index (Phi) is 1.35. The van der Waals surface area contributed by atoms with Gasteiger partial charge in [-0.05, 0) is 0 Å². The third kappa shape index (κ3) is 1.45. The second kappa shape index (κ2) is 2.17. The molecule has 2 amide bonds. The second-order valence-electron chi connectivity index (χ2n) is 1.40. The van der Waals surface area contributed by atoms with Crippen molar-refractivity contribution in [1.29, 1.82) is 0 Å². The summed E-state index contributed by atoms with van der Waals surface area (Å²) >= 11 is 0. The van der Waals surface area contributed by atoms with Crippen LogP contribution >= 0.6 is 0 Å². The quantitative estimate of drug-likeness (QED) is 0.564. The van der Waals surface area contributed by atoms with Crippen LogP contribution in [-0.2, 0) is 0 Å². The van der Waals surface area contributed by atoms with E-state index in [0.29, 0.717) is 5.69 Å². The van der Waals surface area contributed by atoms with Gasteiger partial charge in [-0.25, -0.2) is 4.79 Å². The van der Waals surface area contributed by atoms with E-state index < -0.39 is 6.03 Å². The van der Waals surface area contributed by atoms with Gasteiger partial charge in [-0.1, -0.05) is 5.16 Å². The van der Waals surface area contributed by atoms with Crippen LogP contribution in [-0.4, -0.2) is 11.2 Å². The molecule has 0 aliphatic rings. The normalized spacial score (nSPS) is 8.89. The molecule has 5 heteroatoms. The summed E-state index contributed by atoms with van der Waals surface area (Å²) in [5.74, 6) is 0. The molecule has 0 aromatic carbocycles. The molecular weight excluding hydrogens is 122 g/mol. The number of urea groups is 1. The van der Waals surface area contributed by atoms with Gasteiger partial charge in [0.2, 0.25) is 0 Å². The lowest BCUT2D eigenvalue weighted by atomic mass is 10.6. The molecule has 0 spiro atoms. The highest BCUT2D eigenvalue weighted by molar-refractivity contribution is 5.87. The average Bonchev–Trinajstić information content (AvgIpc) is 2.15. The molecule has 48 valence electrons. The summed E-state index contributed by atoms with van der Waals surface area (Å²) in [6.07, 6.45) is 2.63. The molecule has 0 fully saturated rings. The summed E-state index contributed by atoms with van der Waals surface area (Å²) < 4.78 is 4.40. The first-order chi connectivity index (χ1) is 4.29. The fourth-order valence-corrected chi connectivity index (χ4v) is 0.409. The highest BCUT2D eigenvalue weighted by Crippen LogP contribution is 2.01. The van der Waals surface area contributed by atoms with Gasteiger partial charge in [0, 0.05) is 0 Å². The molecular formula is C4H5N3O2. The van der Waals surface area contributed by atoms with Gasteiger partial charge < -0.3 is 15.6 Å². The van der Waals surface area contributed by atoms with Crippen LogP contribution in [0.1, 0.15) is 0 Å². The largest absolute Gasteiger partial charge is 0.363 e. The van der Waals surface area contributed by atoms with E-state index in [1.165, 1.54) is 12.5 Å². The van der Waals surface area contributed by atoms with Crippen molar-refractivity contribution in [3.8, 4) is 0 Å². The van der Waals surface area contributed by atoms with E-state index in [2.05, 4.69) is 15.0 Å². The highest BCUT2D eigenvalue weighted by Gasteiger charge is 1.95. The Balaban J connectivity index is 2.58. The van der Waals surface area contributed by atoms with Crippen molar-refractivity contribution < 1.29 is 9.32 Å². The summed E-state index contributed by atoms with van der Waals surface area (Å²) in [7, 11) is 0. The van der Waals surface area contributed by atoms with Gasteiger partial charge in [-0.2, -0.15) is 0 Å². The van der Waals surface area contributed by atoms with Crippen LogP contribution in [0, 0.1) is 0 Å². The van der Waals surface area contributed by atoms with E-state index in [0.717, 1.165) is 0 Å². The van der Waals surface area contributed by atoms with Gasteiger partial charge in [0.25, 0.3) is 0 Å². The molecule has 1 heterocycles. The van der Waals surface area contributed by atoms with Gasteiger partial charge in [-0.3, -0.25) is 0 Å². The lowest BCUT2D eigenvalue weighted by molar-refractivity contribution is 0.259.